The Hall–Kier alpha value is -2.72. The number of benzene rings is 2. The van der Waals surface area contributed by atoms with E-state index in [0.29, 0.717) is 16.6 Å². The second kappa shape index (κ2) is 9.19. The van der Waals surface area contributed by atoms with Gasteiger partial charge < -0.3 is 5.32 Å². The highest BCUT2D eigenvalue weighted by molar-refractivity contribution is 7.15. The van der Waals surface area contributed by atoms with Crippen molar-refractivity contribution in [3.63, 3.8) is 0 Å². The summed E-state index contributed by atoms with van der Waals surface area (Å²) in [5.74, 6) is 0.300. The van der Waals surface area contributed by atoms with Crippen molar-refractivity contribution in [3.8, 4) is 6.07 Å². The van der Waals surface area contributed by atoms with Crippen molar-refractivity contribution >= 4 is 34.0 Å². The Labute approximate surface area is 191 Å². The second-order valence-electron chi connectivity index (χ2n) is 8.08. The summed E-state index contributed by atoms with van der Waals surface area (Å²) in [4.78, 5) is 20.9. The molecule has 1 aromatic heterocycles. The number of anilines is 1. The van der Waals surface area contributed by atoms with Crippen molar-refractivity contribution in [3.05, 3.63) is 80.8 Å². The van der Waals surface area contributed by atoms with Gasteiger partial charge in [0, 0.05) is 23.0 Å². The molecule has 1 atom stereocenters. The van der Waals surface area contributed by atoms with Crippen molar-refractivity contribution < 1.29 is 4.79 Å². The van der Waals surface area contributed by atoms with E-state index in [-0.39, 0.29) is 18.4 Å². The molecule has 7 heteroatoms. The Bertz CT molecular complexity index is 1120. The fourth-order valence-electron chi connectivity index (χ4n) is 3.98. The SMILES string of the molecule is CC(C)C1c2nc(NC(=O)Cc3ccc(C#N)cc3)sc2CN1Cc1ccc(Cl)cc1. The summed E-state index contributed by atoms with van der Waals surface area (Å²) < 4.78 is 0. The van der Waals surface area contributed by atoms with Crippen LogP contribution in [-0.2, 0) is 24.3 Å². The normalized spacial score (nSPS) is 15.6. The zero-order valence-electron chi connectivity index (χ0n) is 17.4. The molecule has 1 aliphatic heterocycles. The van der Waals surface area contributed by atoms with Crippen molar-refractivity contribution in [2.45, 2.75) is 39.4 Å². The first-order valence-electron chi connectivity index (χ1n) is 10.2. The van der Waals surface area contributed by atoms with E-state index in [4.69, 9.17) is 21.8 Å². The summed E-state index contributed by atoms with van der Waals surface area (Å²) in [6.07, 6.45) is 0.256. The molecule has 0 radical (unpaired) electrons. The minimum Gasteiger partial charge on any atom is -0.302 e. The van der Waals surface area contributed by atoms with E-state index in [1.54, 1.807) is 23.5 Å². The highest BCUT2D eigenvalue weighted by atomic mass is 35.5. The van der Waals surface area contributed by atoms with E-state index < -0.39 is 0 Å². The van der Waals surface area contributed by atoms with Gasteiger partial charge in [-0.1, -0.05) is 49.7 Å². The lowest BCUT2D eigenvalue weighted by molar-refractivity contribution is -0.115. The van der Waals surface area contributed by atoms with Gasteiger partial charge in [0.05, 0.1) is 29.8 Å². The number of hydrogen-bond acceptors (Lipinski definition) is 5. The minimum absolute atomic E-state index is 0.101. The van der Waals surface area contributed by atoms with Crippen LogP contribution in [0.1, 0.15) is 47.2 Å². The number of carbonyl (C=O) groups is 1. The number of carbonyl (C=O) groups excluding carboxylic acids is 1. The minimum atomic E-state index is -0.101. The summed E-state index contributed by atoms with van der Waals surface area (Å²) in [6, 6.07) is 17.3. The Morgan fingerprint density at radius 1 is 1.23 bits per heavy atom. The summed E-state index contributed by atoms with van der Waals surface area (Å²) >= 11 is 7.57. The summed E-state index contributed by atoms with van der Waals surface area (Å²) in [6.45, 7) is 6.07. The fourth-order valence-corrected chi connectivity index (χ4v) is 5.15. The largest absolute Gasteiger partial charge is 0.302 e. The molecule has 3 aromatic rings. The number of rotatable bonds is 6. The third kappa shape index (κ3) is 4.96. The maximum Gasteiger partial charge on any atom is 0.230 e. The van der Waals surface area contributed by atoms with E-state index in [0.717, 1.165) is 29.4 Å². The number of thiazole rings is 1. The molecule has 1 aliphatic rings. The van der Waals surface area contributed by atoms with Gasteiger partial charge in [-0.25, -0.2) is 4.98 Å². The fraction of sp³-hybridized carbons (Fsp3) is 0.292. The van der Waals surface area contributed by atoms with E-state index in [1.165, 1.54) is 10.4 Å². The zero-order valence-corrected chi connectivity index (χ0v) is 19.0. The Morgan fingerprint density at radius 3 is 2.55 bits per heavy atom. The molecule has 5 nitrogen and oxygen atoms in total. The van der Waals surface area contributed by atoms with Gasteiger partial charge in [0.15, 0.2) is 5.13 Å². The van der Waals surface area contributed by atoms with Gasteiger partial charge in [0.25, 0.3) is 0 Å². The lowest BCUT2D eigenvalue weighted by Crippen LogP contribution is -2.26. The smallest absolute Gasteiger partial charge is 0.230 e. The lowest BCUT2D eigenvalue weighted by atomic mass is 10.0. The number of amides is 1. The Kier molecular flexibility index (Phi) is 6.38. The van der Waals surface area contributed by atoms with E-state index in [2.05, 4.69) is 42.3 Å². The van der Waals surface area contributed by atoms with Crippen LogP contribution in [0.3, 0.4) is 0 Å². The number of nitrogens with one attached hydrogen (secondary N) is 1. The average molecular weight is 451 g/mol. The monoisotopic (exact) mass is 450 g/mol. The Morgan fingerprint density at radius 2 is 1.90 bits per heavy atom. The predicted octanol–water partition coefficient (Wildman–Crippen LogP) is 5.56. The maximum atomic E-state index is 12.5. The van der Waals surface area contributed by atoms with Gasteiger partial charge in [0.1, 0.15) is 0 Å². The number of nitriles is 1. The number of nitrogens with zero attached hydrogens (tertiary/aromatic N) is 3. The van der Waals surface area contributed by atoms with Crippen molar-refractivity contribution in [1.82, 2.24) is 9.88 Å². The molecular formula is C24H23ClN4OS. The van der Waals surface area contributed by atoms with E-state index >= 15 is 0 Å². The molecule has 2 aromatic carbocycles. The van der Waals surface area contributed by atoms with Crippen molar-refractivity contribution in [1.29, 1.82) is 5.26 Å². The zero-order chi connectivity index (χ0) is 22.0. The first-order valence-corrected chi connectivity index (χ1v) is 11.4. The standard InChI is InChI=1S/C24H23ClN4OS/c1-15(2)23-22-20(14-29(23)13-18-7-9-19(25)10-8-18)31-24(28-22)27-21(30)11-16-3-5-17(12-26)6-4-16/h3-10,15,23H,11,13-14H2,1-2H3,(H,27,28,30). The predicted molar refractivity (Wildman–Crippen MR) is 124 cm³/mol. The molecule has 0 saturated carbocycles. The van der Waals surface area contributed by atoms with Crippen LogP contribution in [0.2, 0.25) is 5.02 Å². The third-order valence-electron chi connectivity index (χ3n) is 5.37. The van der Waals surface area contributed by atoms with Crippen LogP contribution in [0.5, 0.6) is 0 Å². The van der Waals surface area contributed by atoms with Crippen LogP contribution in [0.15, 0.2) is 48.5 Å². The number of fused-ring (bicyclic) bond motifs is 1. The second-order valence-corrected chi connectivity index (χ2v) is 9.60. The molecule has 0 aliphatic carbocycles. The van der Waals surface area contributed by atoms with Crippen LogP contribution in [-0.4, -0.2) is 15.8 Å². The molecule has 0 fully saturated rings. The summed E-state index contributed by atoms with van der Waals surface area (Å²) in [5.41, 5.74) is 3.75. The lowest BCUT2D eigenvalue weighted by Gasteiger charge is -2.27. The van der Waals surface area contributed by atoms with Crippen molar-refractivity contribution in [2.75, 3.05) is 5.32 Å². The molecule has 2 heterocycles. The first-order chi connectivity index (χ1) is 14.9. The summed E-state index contributed by atoms with van der Waals surface area (Å²) in [5, 5.41) is 13.2. The van der Waals surface area contributed by atoms with E-state index in [1.807, 2.05) is 24.3 Å². The van der Waals surface area contributed by atoms with Crippen molar-refractivity contribution in [2.24, 2.45) is 5.92 Å². The molecule has 4 rings (SSSR count). The molecular weight excluding hydrogens is 428 g/mol. The third-order valence-corrected chi connectivity index (χ3v) is 6.60. The van der Waals surface area contributed by atoms with Crippen LogP contribution < -0.4 is 5.32 Å². The quantitative estimate of drug-likeness (QED) is 0.533. The van der Waals surface area contributed by atoms with Gasteiger partial charge in [-0.2, -0.15) is 5.26 Å². The van der Waals surface area contributed by atoms with Crippen LogP contribution >= 0.6 is 22.9 Å². The molecule has 1 N–H and O–H groups in total. The van der Waals surface area contributed by atoms with E-state index in [9.17, 15) is 4.79 Å². The molecule has 0 spiro atoms. The first kappa shape index (κ1) is 21.5. The summed E-state index contributed by atoms with van der Waals surface area (Å²) in [7, 11) is 0. The number of halogens is 1. The molecule has 0 bridgehead atoms. The Balaban J connectivity index is 1.43. The van der Waals surface area contributed by atoms with Gasteiger partial charge in [0.2, 0.25) is 5.91 Å². The van der Waals surface area contributed by atoms with Gasteiger partial charge >= 0.3 is 0 Å². The molecule has 0 saturated heterocycles. The van der Waals surface area contributed by atoms with Crippen LogP contribution in [0, 0.1) is 17.2 Å². The topological polar surface area (TPSA) is 69.0 Å². The maximum absolute atomic E-state index is 12.5. The number of hydrogen-bond donors (Lipinski definition) is 1. The van der Waals surface area contributed by atoms with Gasteiger partial charge in [-0.3, -0.25) is 9.69 Å². The molecule has 31 heavy (non-hydrogen) atoms. The highest BCUT2D eigenvalue weighted by Gasteiger charge is 2.36. The number of aromatic nitrogens is 1. The van der Waals surface area contributed by atoms with Gasteiger partial charge in [-0.15, -0.1) is 11.3 Å². The molecule has 1 amide bonds. The molecule has 1 unspecified atom stereocenters. The average Bonchev–Trinajstić information content (AvgIpc) is 3.26. The highest BCUT2D eigenvalue weighted by Crippen LogP contribution is 2.43. The van der Waals surface area contributed by atoms with Crippen LogP contribution in [0.25, 0.3) is 0 Å². The molecule has 158 valence electrons. The van der Waals surface area contributed by atoms with Gasteiger partial charge in [-0.05, 0) is 41.3 Å². The van der Waals surface area contributed by atoms with Crippen LogP contribution in [0.4, 0.5) is 5.13 Å².